The van der Waals surface area contributed by atoms with Crippen molar-refractivity contribution in [2.45, 2.75) is 46.5 Å². The first-order valence-corrected chi connectivity index (χ1v) is 6.93. The number of aromatic nitrogens is 3. The highest BCUT2D eigenvalue weighted by Gasteiger charge is 2.24. The van der Waals surface area contributed by atoms with E-state index in [-0.39, 0.29) is 5.41 Å². The molecule has 1 aromatic heterocycles. The van der Waals surface area contributed by atoms with E-state index in [1.165, 1.54) is 11.1 Å². The lowest BCUT2D eigenvalue weighted by molar-refractivity contribution is 0.533. The molecule has 3 nitrogen and oxygen atoms in total. The Hall–Kier alpha value is -1.35. The quantitative estimate of drug-likeness (QED) is 0.828. The third kappa shape index (κ3) is 2.66. The zero-order chi connectivity index (χ0) is 14.2. The topological polar surface area (TPSA) is 30.7 Å². The van der Waals surface area contributed by atoms with Gasteiger partial charge in [0.2, 0.25) is 5.28 Å². The third-order valence-electron chi connectivity index (χ3n) is 3.26. The van der Waals surface area contributed by atoms with E-state index in [1.54, 1.807) is 0 Å². The van der Waals surface area contributed by atoms with Gasteiger partial charge in [-0.1, -0.05) is 33.8 Å². The number of hydrogen-bond acceptors (Lipinski definition) is 2. The predicted octanol–water partition coefficient (Wildman–Crippen LogP) is 4.09. The molecule has 0 spiro atoms. The van der Waals surface area contributed by atoms with Crippen LogP contribution in [0.3, 0.4) is 0 Å². The Bertz CT molecular complexity index is 594. The number of rotatable bonds is 2. The van der Waals surface area contributed by atoms with Crippen molar-refractivity contribution in [2.24, 2.45) is 0 Å². The normalized spacial score (nSPS) is 11.9. The van der Waals surface area contributed by atoms with Gasteiger partial charge in [-0.2, -0.15) is 0 Å². The molecule has 0 saturated heterocycles. The molecular formula is C15H20ClN3. The van der Waals surface area contributed by atoms with Crippen LogP contribution in [0.4, 0.5) is 0 Å². The van der Waals surface area contributed by atoms with E-state index in [9.17, 15) is 0 Å². The van der Waals surface area contributed by atoms with Crippen LogP contribution in [-0.2, 0) is 11.8 Å². The van der Waals surface area contributed by atoms with Crippen LogP contribution in [0.1, 0.15) is 44.6 Å². The van der Waals surface area contributed by atoms with Crippen LogP contribution >= 0.6 is 11.6 Å². The van der Waals surface area contributed by atoms with Crippen LogP contribution in [0.15, 0.2) is 18.2 Å². The number of nitrogens with zero attached hydrogens (tertiary/aromatic N) is 3. The molecular weight excluding hydrogens is 258 g/mol. The Morgan fingerprint density at radius 1 is 1.21 bits per heavy atom. The van der Waals surface area contributed by atoms with E-state index in [0.29, 0.717) is 5.28 Å². The van der Waals surface area contributed by atoms with E-state index in [1.807, 2.05) is 4.57 Å². The molecule has 102 valence electrons. The van der Waals surface area contributed by atoms with Crippen LogP contribution in [0, 0.1) is 6.92 Å². The van der Waals surface area contributed by atoms with Crippen molar-refractivity contribution in [1.82, 2.24) is 14.8 Å². The molecule has 0 atom stereocenters. The standard InChI is InChI=1S/C15H20ClN3/c1-6-11-7-8-12(9-10(11)2)19-13(15(3,4)5)17-18-14(19)16/h7-9H,6H2,1-5H3. The van der Waals surface area contributed by atoms with Crippen molar-refractivity contribution in [1.29, 1.82) is 0 Å². The summed E-state index contributed by atoms with van der Waals surface area (Å²) in [6.45, 7) is 10.6. The van der Waals surface area contributed by atoms with E-state index in [0.717, 1.165) is 17.9 Å². The Balaban J connectivity index is 2.59. The van der Waals surface area contributed by atoms with Gasteiger partial charge < -0.3 is 0 Å². The van der Waals surface area contributed by atoms with Crippen molar-refractivity contribution in [2.75, 3.05) is 0 Å². The van der Waals surface area contributed by atoms with Gasteiger partial charge in [0.1, 0.15) is 5.82 Å². The Morgan fingerprint density at radius 2 is 1.89 bits per heavy atom. The van der Waals surface area contributed by atoms with Crippen LogP contribution in [0.5, 0.6) is 0 Å². The van der Waals surface area contributed by atoms with Gasteiger partial charge in [0, 0.05) is 5.41 Å². The number of aryl methyl sites for hydroxylation is 2. The molecule has 2 aromatic rings. The monoisotopic (exact) mass is 277 g/mol. The SMILES string of the molecule is CCc1ccc(-n2c(Cl)nnc2C(C)(C)C)cc1C. The lowest BCUT2D eigenvalue weighted by atomic mass is 9.95. The smallest absolute Gasteiger partial charge is 0.229 e. The summed E-state index contributed by atoms with van der Waals surface area (Å²) in [7, 11) is 0. The fraction of sp³-hybridized carbons (Fsp3) is 0.467. The fourth-order valence-electron chi connectivity index (χ4n) is 2.20. The Labute approximate surface area is 119 Å². The first-order chi connectivity index (χ1) is 8.84. The predicted molar refractivity (Wildman–Crippen MR) is 79.2 cm³/mol. The summed E-state index contributed by atoms with van der Waals surface area (Å²) < 4.78 is 1.92. The van der Waals surface area contributed by atoms with Crippen molar-refractivity contribution in [3.8, 4) is 5.69 Å². The maximum absolute atomic E-state index is 6.20. The summed E-state index contributed by atoms with van der Waals surface area (Å²) in [5, 5.41) is 8.64. The van der Waals surface area contributed by atoms with E-state index >= 15 is 0 Å². The molecule has 0 unspecified atom stereocenters. The van der Waals surface area contributed by atoms with Gasteiger partial charge in [0.15, 0.2) is 0 Å². The van der Waals surface area contributed by atoms with E-state index < -0.39 is 0 Å². The molecule has 0 radical (unpaired) electrons. The Morgan fingerprint density at radius 3 is 2.42 bits per heavy atom. The zero-order valence-corrected chi connectivity index (χ0v) is 12.9. The molecule has 0 aliphatic rings. The summed E-state index contributed by atoms with van der Waals surface area (Å²) in [5.41, 5.74) is 3.54. The molecule has 0 saturated carbocycles. The molecule has 4 heteroatoms. The molecule has 1 heterocycles. The Kier molecular flexibility index (Phi) is 3.68. The molecule has 0 amide bonds. The van der Waals surface area contributed by atoms with Crippen molar-refractivity contribution >= 4 is 11.6 Å². The van der Waals surface area contributed by atoms with Crippen LogP contribution < -0.4 is 0 Å². The average Bonchev–Trinajstić information content (AvgIpc) is 2.70. The van der Waals surface area contributed by atoms with E-state index in [2.05, 4.69) is 63.0 Å². The minimum Gasteiger partial charge on any atom is -0.269 e. The van der Waals surface area contributed by atoms with Gasteiger partial charge >= 0.3 is 0 Å². The molecule has 19 heavy (non-hydrogen) atoms. The van der Waals surface area contributed by atoms with Crippen molar-refractivity contribution in [3.05, 3.63) is 40.4 Å². The maximum atomic E-state index is 6.20. The van der Waals surface area contributed by atoms with Crippen molar-refractivity contribution < 1.29 is 0 Å². The van der Waals surface area contributed by atoms with Gasteiger partial charge in [-0.05, 0) is 48.2 Å². The second-order valence-electron chi connectivity index (χ2n) is 5.84. The summed E-state index contributed by atoms with van der Waals surface area (Å²) in [4.78, 5) is 0. The minimum absolute atomic E-state index is 0.0997. The number of hydrogen-bond donors (Lipinski definition) is 0. The molecule has 0 aliphatic heterocycles. The number of halogens is 1. The second kappa shape index (κ2) is 4.97. The first kappa shape index (κ1) is 14.1. The molecule has 0 N–H and O–H groups in total. The molecule has 0 aliphatic carbocycles. The average molecular weight is 278 g/mol. The first-order valence-electron chi connectivity index (χ1n) is 6.56. The molecule has 0 fully saturated rings. The summed E-state index contributed by atoms with van der Waals surface area (Å²) >= 11 is 6.20. The van der Waals surface area contributed by atoms with Crippen LogP contribution in [0.25, 0.3) is 5.69 Å². The molecule has 2 rings (SSSR count). The summed E-state index contributed by atoms with van der Waals surface area (Å²) in [6.07, 6.45) is 1.04. The van der Waals surface area contributed by atoms with Crippen LogP contribution in [-0.4, -0.2) is 14.8 Å². The maximum Gasteiger partial charge on any atom is 0.229 e. The van der Waals surface area contributed by atoms with Gasteiger partial charge in [-0.15, -0.1) is 10.2 Å². The highest BCUT2D eigenvalue weighted by Crippen LogP contribution is 2.27. The van der Waals surface area contributed by atoms with Gasteiger partial charge in [-0.3, -0.25) is 4.57 Å². The minimum atomic E-state index is -0.0997. The highest BCUT2D eigenvalue weighted by molar-refractivity contribution is 6.28. The molecule has 1 aromatic carbocycles. The van der Waals surface area contributed by atoms with Gasteiger partial charge in [-0.25, -0.2) is 0 Å². The number of benzene rings is 1. The zero-order valence-electron chi connectivity index (χ0n) is 12.2. The lowest BCUT2D eigenvalue weighted by Crippen LogP contribution is -2.18. The highest BCUT2D eigenvalue weighted by atomic mass is 35.5. The van der Waals surface area contributed by atoms with Gasteiger partial charge in [0.25, 0.3) is 0 Å². The molecule has 0 bridgehead atoms. The van der Waals surface area contributed by atoms with Gasteiger partial charge in [0.05, 0.1) is 5.69 Å². The lowest BCUT2D eigenvalue weighted by Gasteiger charge is -2.19. The van der Waals surface area contributed by atoms with Crippen LogP contribution in [0.2, 0.25) is 5.28 Å². The fourth-order valence-corrected chi connectivity index (χ4v) is 2.41. The second-order valence-corrected chi connectivity index (χ2v) is 6.18. The summed E-state index contributed by atoms with van der Waals surface area (Å²) in [6, 6.07) is 6.37. The largest absolute Gasteiger partial charge is 0.269 e. The van der Waals surface area contributed by atoms with E-state index in [4.69, 9.17) is 11.6 Å². The van der Waals surface area contributed by atoms with Crippen molar-refractivity contribution in [3.63, 3.8) is 0 Å². The third-order valence-corrected chi connectivity index (χ3v) is 3.50. The summed E-state index contributed by atoms with van der Waals surface area (Å²) in [5.74, 6) is 0.876.